The van der Waals surface area contributed by atoms with Crippen LogP contribution in [-0.2, 0) is 4.79 Å². The summed E-state index contributed by atoms with van der Waals surface area (Å²) in [6.45, 7) is 2.87. The smallest absolute Gasteiger partial charge is 0.146 e. The maximum absolute atomic E-state index is 11.4. The largest absolute Gasteiger partial charge is 0.302 e. The van der Waals surface area contributed by atoms with Gasteiger partial charge in [0.25, 0.3) is 0 Å². The van der Waals surface area contributed by atoms with E-state index in [1.807, 2.05) is 19.0 Å². The van der Waals surface area contributed by atoms with E-state index < -0.39 is 0 Å². The fraction of sp³-hybridized carbons (Fsp3) is 0.938. The van der Waals surface area contributed by atoms with Crippen LogP contribution >= 0.6 is 0 Å². The fourth-order valence-electron chi connectivity index (χ4n) is 2.24. The van der Waals surface area contributed by atoms with E-state index in [9.17, 15) is 4.79 Å². The maximum Gasteiger partial charge on any atom is 0.146 e. The van der Waals surface area contributed by atoms with Crippen molar-refractivity contribution in [2.24, 2.45) is 0 Å². The summed E-state index contributed by atoms with van der Waals surface area (Å²) in [6.07, 6.45) is 14.1. The quantitative estimate of drug-likeness (QED) is 0.454. The average molecular weight is 255 g/mol. The van der Waals surface area contributed by atoms with Crippen molar-refractivity contribution in [3.8, 4) is 0 Å². The highest BCUT2D eigenvalue weighted by molar-refractivity contribution is 5.80. The minimum atomic E-state index is 0.388. The molecule has 0 aliphatic heterocycles. The maximum atomic E-state index is 11.4. The van der Waals surface area contributed by atoms with Crippen molar-refractivity contribution in [2.45, 2.75) is 77.6 Å². The molecule has 0 aromatic carbocycles. The molecule has 2 nitrogen and oxygen atoms in total. The second kappa shape index (κ2) is 13.1. The molecule has 0 atom stereocenters. The first kappa shape index (κ1) is 17.6. The van der Waals surface area contributed by atoms with Crippen molar-refractivity contribution in [2.75, 3.05) is 20.6 Å². The predicted octanol–water partition coefficient (Wildman–Crippen LogP) is 4.43. The first-order valence-electron chi connectivity index (χ1n) is 7.83. The number of hydrogen-bond acceptors (Lipinski definition) is 2. The monoisotopic (exact) mass is 255 g/mol. The van der Waals surface area contributed by atoms with Gasteiger partial charge in [-0.3, -0.25) is 4.79 Å². The lowest BCUT2D eigenvalue weighted by Gasteiger charge is -2.07. The molecule has 0 heterocycles. The van der Waals surface area contributed by atoms with E-state index in [-0.39, 0.29) is 0 Å². The zero-order chi connectivity index (χ0) is 13.6. The molecule has 2 heteroatoms. The Morgan fingerprint density at radius 3 is 1.67 bits per heavy atom. The molecule has 0 N–H and O–H groups in total. The van der Waals surface area contributed by atoms with Crippen LogP contribution < -0.4 is 0 Å². The summed E-state index contributed by atoms with van der Waals surface area (Å²) < 4.78 is 0. The SMILES string of the molecule is CCCCCCCCCCCCC(=O)CN(C)C. The number of rotatable bonds is 13. The Morgan fingerprint density at radius 1 is 0.778 bits per heavy atom. The molecule has 108 valence electrons. The van der Waals surface area contributed by atoms with E-state index in [0.29, 0.717) is 12.3 Å². The molecular weight excluding hydrogens is 222 g/mol. The fourth-order valence-corrected chi connectivity index (χ4v) is 2.24. The molecule has 0 rings (SSSR count). The average Bonchev–Trinajstić information content (AvgIpc) is 2.30. The van der Waals surface area contributed by atoms with Gasteiger partial charge in [-0.15, -0.1) is 0 Å². The molecular formula is C16H33NO. The van der Waals surface area contributed by atoms with Gasteiger partial charge in [-0.25, -0.2) is 0 Å². The number of likely N-dealkylation sites (N-methyl/N-ethyl adjacent to an activating group) is 1. The summed E-state index contributed by atoms with van der Waals surface area (Å²) in [5, 5.41) is 0. The number of unbranched alkanes of at least 4 members (excludes halogenated alkanes) is 9. The van der Waals surface area contributed by atoms with Crippen molar-refractivity contribution in [1.82, 2.24) is 4.90 Å². The zero-order valence-electron chi connectivity index (χ0n) is 12.8. The number of ketones is 1. The van der Waals surface area contributed by atoms with Gasteiger partial charge in [-0.2, -0.15) is 0 Å². The van der Waals surface area contributed by atoms with Crippen LogP contribution in [0.4, 0.5) is 0 Å². The van der Waals surface area contributed by atoms with Crippen LogP contribution in [0.15, 0.2) is 0 Å². The molecule has 0 aliphatic rings. The minimum Gasteiger partial charge on any atom is -0.302 e. The Balaban J connectivity index is 3.09. The van der Waals surface area contributed by atoms with Gasteiger partial charge in [0.2, 0.25) is 0 Å². The first-order valence-corrected chi connectivity index (χ1v) is 7.83. The number of hydrogen-bond donors (Lipinski definition) is 0. The van der Waals surface area contributed by atoms with Gasteiger partial charge in [0.15, 0.2) is 0 Å². The first-order chi connectivity index (χ1) is 8.66. The molecule has 0 aliphatic carbocycles. The Labute approximate surface area is 114 Å². The predicted molar refractivity (Wildman–Crippen MR) is 80.0 cm³/mol. The third-order valence-corrected chi connectivity index (χ3v) is 3.30. The van der Waals surface area contributed by atoms with Gasteiger partial charge in [0.1, 0.15) is 5.78 Å². The molecule has 0 spiro atoms. The van der Waals surface area contributed by atoms with Crippen LogP contribution in [0.5, 0.6) is 0 Å². The van der Waals surface area contributed by atoms with Gasteiger partial charge in [0.05, 0.1) is 6.54 Å². The Bertz CT molecular complexity index is 190. The van der Waals surface area contributed by atoms with Crippen molar-refractivity contribution in [3.05, 3.63) is 0 Å². The number of carbonyl (C=O) groups is 1. The number of Topliss-reactive ketones (excluding diaryl/α,β-unsaturated/α-hetero) is 1. The second-order valence-corrected chi connectivity index (χ2v) is 5.71. The number of nitrogens with zero attached hydrogens (tertiary/aromatic N) is 1. The highest BCUT2D eigenvalue weighted by Gasteiger charge is 2.02. The lowest BCUT2D eigenvalue weighted by atomic mass is 10.0. The van der Waals surface area contributed by atoms with E-state index in [1.54, 1.807) is 0 Å². The van der Waals surface area contributed by atoms with Crippen LogP contribution in [0, 0.1) is 0 Å². The summed E-state index contributed by atoms with van der Waals surface area (Å²) in [6, 6.07) is 0. The van der Waals surface area contributed by atoms with Crippen molar-refractivity contribution >= 4 is 5.78 Å². The Kier molecular flexibility index (Phi) is 12.8. The summed E-state index contributed by atoms with van der Waals surface area (Å²) in [5.41, 5.74) is 0. The van der Waals surface area contributed by atoms with E-state index in [2.05, 4.69) is 6.92 Å². The molecule has 0 saturated carbocycles. The van der Waals surface area contributed by atoms with E-state index >= 15 is 0 Å². The van der Waals surface area contributed by atoms with Gasteiger partial charge in [0, 0.05) is 6.42 Å². The molecule has 0 amide bonds. The highest BCUT2D eigenvalue weighted by Crippen LogP contribution is 2.11. The summed E-state index contributed by atoms with van der Waals surface area (Å²) in [5.74, 6) is 0.388. The van der Waals surface area contributed by atoms with Gasteiger partial charge in [-0.1, -0.05) is 64.7 Å². The topological polar surface area (TPSA) is 20.3 Å². The van der Waals surface area contributed by atoms with Crippen LogP contribution in [0.1, 0.15) is 77.6 Å². The molecule has 0 radical (unpaired) electrons. The normalized spacial score (nSPS) is 11.1. The van der Waals surface area contributed by atoms with Crippen molar-refractivity contribution in [1.29, 1.82) is 0 Å². The molecule has 0 bridgehead atoms. The Morgan fingerprint density at radius 2 is 1.22 bits per heavy atom. The number of carbonyl (C=O) groups excluding carboxylic acids is 1. The highest BCUT2D eigenvalue weighted by atomic mass is 16.1. The van der Waals surface area contributed by atoms with Gasteiger partial charge in [-0.05, 0) is 20.5 Å². The van der Waals surface area contributed by atoms with Crippen LogP contribution in [0.2, 0.25) is 0 Å². The zero-order valence-corrected chi connectivity index (χ0v) is 12.8. The molecule has 18 heavy (non-hydrogen) atoms. The third-order valence-electron chi connectivity index (χ3n) is 3.30. The van der Waals surface area contributed by atoms with E-state index in [1.165, 1.54) is 57.8 Å². The summed E-state index contributed by atoms with van der Waals surface area (Å²) in [4.78, 5) is 13.4. The lowest BCUT2D eigenvalue weighted by molar-refractivity contribution is -0.119. The van der Waals surface area contributed by atoms with Crippen molar-refractivity contribution < 1.29 is 4.79 Å². The molecule has 0 saturated heterocycles. The van der Waals surface area contributed by atoms with Crippen LogP contribution in [0.25, 0.3) is 0 Å². The summed E-state index contributed by atoms with van der Waals surface area (Å²) >= 11 is 0. The minimum absolute atomic E-state index is 0.388. The Hall–Kier alpha value is -0.370. The third kappa shape index (κ3) is 13.7. The molecule has 0 aromatic heterocycles. The van der Waals surface area contributed by atoms with Crippen molar-refractivity contribution in [3.63, 3.8) is 0 Å². The summed E-state index contributed by atoms with van der Waals surface area (Å²) in [7, 11) is 3.91. The molecule has 0 unspecified atom stereocenters. The second-order valence-electron chi connectivity index (χ2n) is 5.71. The standard InChI is InChI=1S/C16H33NO/c1-4-5-6-7-8-9-10-11-12-13-14-16(18)15-17(2)3/h4-15H2,1-3H3. The van der Waals surface area contributed by atoms with Gasteiger partial charge < -0.3 is 4.90 Å². The van der Waals surface area contributed by atoms with Crippen LogP contribution in [0.3, 0.4) is 0 Å². The molecule has 0 aromatic rings. The molecule has 0 fully saturated rings. The van der Waals surface area contributed by atoms with E-state index in [0.717, 1.165) is 12.8 Å². The van der Waals surface area contributed by atoms with E-state index in [4.69, 9.17) is 0 Å². The van der Waals surface area contributed by atoms with Crippen LogP contribution in [-0.4, -0.2) is 31.3 Å². The van der Waals surface area contributed by atoms with Gasteiger partial charge >= 0.3 is 0 Å². The lowest BCUT2D eigenvalue weighted by Crippen LogP contribution is -2.21.